The summed E-state index contributed by atoms with van der Waals surface area (Å²) in [6, 6.07) is 7.55. The van der Waals surface area contributed by atoms with Crippen molar-refractivity contribution in [3.8, 4) is 5.75 Å². The predicted molar refractivity (Wildman–Crippen MR) is 91.5 cm³/mol. The maximum absolute atomic E-state index is 12.1. The fraction of sp³-hybridized carbons (Fsp3) is 0.389. The molecule has 1 heterocycles. The van der Waals surface area contributed by atoms with Crippen LogP contribution in [0.1, 0.15) is 32.6 Å². The van der Waals surface area contributed by atoms with Gasteiger partial charge in [-0.05, 0) is 38.0 Å². The van der Waals surface area contributed by atoms with Crippen molar-refractivity contribution in [3.63, 3.8) is 0 Å². The highest BCUT2D eigenvalue weighted by Gasteiger charge is 2.21. The van der Waals surface area contributed by atoms with Gasteiger partial charge < -0.3 is 14.5 Å². The lowest BCUT2D eigenvalue weighted by atomic mass is 10.2. The second-order valence-corrected chi connectivity index (χ2v) is 6.16. The summed E-state index contributed by atoms with van der Waals surface area (Å²) in [6.07, 6.45) is 3.20. The molecular formula is C18H20N2O5. The first-order valence-electron chi connectivity index (χ1n) is 8.33. The molecule has 3 amide bonds. The summed E-state index contributed by atoms with van der Waals surface area (Å²) >= 11 is 0. The molecule has 1 aliphatic carbocycles. The highest BCUT2D eigenvalue weighted by molar-refractivity contribution is 5.96. The van der Waals surface area contributed by atoms with Gasteiger partial charge in [-0.1, -0.05) is 12.8 Å². The average Bonchev–Trinajstić information content (AvgIpc) is 3.07. The Bertz CT molecular complexity index is 839. The van der Waals surface area contributed by atoms with E-state index in [0.717, 1.165) is 31.1 Å². The van der Waals surface area contributed by atoms with Crippen molar-refractivity contribution in [2.45, 2.75) is 44.8 Å². The first-order chi connectivity index (χ1) is 12.0. The Kier molecular flexibility index (Phi) is 5.02. The second kappa shape index (κ2) is 7.38. The molecule has 0 spiro atoms. The molecule has 2 aromatic rings. The van der Waals surface area contributed by atoms with Crippen LogP contribution in [-0.2, 0) is 4.79 Å². The minimum atomic E-state index is -0.873. The van der Waals surface area contributed by atoms with E-state index in [1.54, 1.807) is 31.2 Å². The number of ether oxygens (including phenoxy) is 1. The van der Waals surface area contributed by atoms with E-state index in [1.165, 1.54) is 6.07 Å². The van der Waals surface area contributed by atoms with E-state index in [9.17, 15) is 14.4 Å². The Morgan fingerprint density at radius 1 is 1.20 bits per heavy atom. The number of nitrogens with one attached hydrogen (secondary N) is 2. The summed E-state index contributed by atoms with van der Waals surface area (Å²) in [4.78, 5) is 35.2. The maximum atomic E-state index is 12.1. The number of carbonyl (C=O) groups is 2. The van der Waals surface area contributed by atoms with Gasteiger partial charge in [-0.2, -0.15) is 0 Å². The van der Waals surface area contributed by atoms with E-state index < -0.39 is 23.7 Å². The Balaban J connectivity index is 1.58. The molecular weight excluding hydrogens is 324 g/mol. The largest absolute Gasteiger partial charge is 0.481 e. The number of carbonyl (C=O) groups excluding carboxylic acids is 2. The van der Waals surface area contributed by atoms with E-state index in [4.69, 9.17) is 9.15 Å². The van der Waals surface area contributed by atoms with E-state index in [-0.39, 0.29) is 6.04 Å². The van der Waals surface area contributed by atoms with Crippen LogP contribution in [0.4, 0.5) is 4.79 Å². The molecule has 0 aliphatic heterocycles. The smallest absolute Gasteiger partial charge is 0.336 e. The lowest BCUT2D eigenvalue weighted by molar-refractivity contribution is -0.126. The molecule has 1 aliphatic rings. The van der Waals surface area contributed by atoms with Crippen LogP contribution < -0.4 is 21.0 Å². The van der Waals surface area contributed by atoms with Gasteiger partial charge in [0.2, 0.25) is 0 Å². The predicted octanol–water partition coefficient (Wildman–Crippen LogP) is 2.33. The fourth-order valence-corrected chi connectivity index (χ4v) is 2.88. The van der Waals surface area contributed by atoms with Gasteiger partial charge in [-0.25, -0.2) is 9.59 Å². The Morgan fingerprint density at radius 3 is 2.68 bits per heavy atom. The van der Waals surface area contributed by atoms with Crippen molar-refractivity contribution in [1.29, 1.82) is 0 Å². The van der Waals surface area contributed by atoms with Crippen molar-refractivity contribution >= 4 is 22.9 Å². The molecule has 25 heavy (non-hydrogen) atoms. The first-order valence-corrected chi connectivity index (χ1v) is 8.33. The number of amides is 3. The monoisotopic (exact) mass is 344 g/mol. The number of benzene rings is 1. The normalized spacial score (nSPS) is 15.7. The van der Waals surface area contributed by atoms with Crippen molar-refractivity contribution < 1.29 is 18.7 Å². The number of imide groups is 1. The van der Waals surface area contributed by atoms with Crippen LogP contribution >= 0.6 is 0 Å². The second-order valence-electron chi connectivity index (χ2n) is 6.16. The number of urea groups is 1. The van der Waals surface area contributed by atoms with Crippen LogP contribution in [0, 0.1) is 0 Å². The molecule has 1 aromatic carbocycles. The first kappa shape index (κ1) is 17.0. The van der Waals surface area contributed by atoms with Gasteiger partial charge in [0.1, 0.15) is 11.3 Å². The van der Waals surface area contributed by atoms with Crippen molar-refractivity contribution in [3.05, 3.63) is 40.8 Å². The molecule has 1 fully saturated rings. The minimum Gasteiger partial charge on any atom is -0.481 e. The van der Waals surface area contributed by atoms with Gasteiger partial charge in [0.25, 0.3) is 5.91 Å². The Labute approximate surface area is 144 Å². The van der Waals surface area contributed by atoms with Gasteiger partial charge in [0.05, 0.1) is 0 Å². The average molecular weight is 344 g/mol. The van der Waals surface area contributed by atoms with Crippen LogP contribution in [0.2, 0.25) is 0 Å². The molecule has 3 rings (SSSR count). The van der Waals surface area contributed by atoms with Crippen LogP contribution in [0.25, 0.3) is 11.0 Å². The summed E-state index contributed by atoms with van der Waals surface area (Å²) in [5.74, 6) is -0.161. The van der Waals surface area contributed by atoms with E-state index in [2.05, 4.69) is 10.6 Å². The molecule has 2 N–H and O–H groups in total. The number of hydrogen-bond donors (Lipinski definition) is 2. The highest BCUT2D eigenvalue weighted by atomic mass is 16.5. The van der Waals surface area contributed by atoms with Gasteiger partial charge in [0, 0.05) is 23.6 Å². The summed E-state index contributed by atoms with van der Waals surface area (Å²) in [7, 11) is 0. The Morgan fingerprint density at radius 2 is 1.92 bits per heavy atom. The van der Waals surface area contributed by atoms with Crippen LogP contribution in [0.15, 0.2) is 39.5 Å². The molecule has 1 atom stereocenters. The molecule has 0 saturated heterocycles. The summed E-state index contributed by atoms with van der Waals surface area (Å²) in [6.45, 7) is 1.55. The van der Waals surface area contributed by atoms with Gasteiger partial charge in [-0.3, -0.25) is 10.1 Å². The van der Waals surface area contributed by atoms with Gasteiger partial charge in [-0.15, -0.1) is 0 Å². The third kappa shape index (κ3) is 4.37. The topological polar surface area (TPSA) is 97.6 Å². The number of fused-ring (bicyclic) bond motifs is 1. The third-order valence-electron chi connectivity index (χ3n) is 4.20. The molecule has 0 bridgehead atoms. The number of rotatable bonds is 4. The Hall–Kier alpha value is -2.83. The SMILES string of the molecule is C[C@@H](Oc1ccc2ccc(=O)oc2c1)C(=O)NC(=O)NC1CCCC1. The van der Waals surface area contributed by atoms with Crippen molar-refractivity contribution in [2.24, 2.45) is 0 Å². The lowest BCUT2D eigenvalue weighted by Crippen LogP contribution is -2.47. The number of hydrogen-bond acceptors (Lipinski definition) is 5. The van der Waals surface area contributed by atoms with Gasteiger partial charge in [0.15, 0.2) is 6.10 Å². The zero-order valence-electron chi connectivity index (χ0n) is 13.9. The molecule has 1 aromatic heterocycles. The van der Waals surface area contributed by atoms with Crippen LogP contribution in [0.5, 0.6) is 5.75 Å². The zero-order chi connectivity index (χ0) is 17.8. The van der Waals surface area contributed by atoms with Crippen molar-refractivity contribution in [2.75, 3.05) is 0 Å². The lowest BCUT2D eigenvalue weighted by Gasteiger charge is -2.16. The molecule has 7 heteroatoms. The highest BCUT2D eigenvalue weighted by Crippen LogP contribution is 2.20. The van der Waals surface area contributed by atoms with Gasteiger partial charge >= 0.3 is 11.7 Å². The fourth-order valence-electron chi connectivity index (χ4n) is 2.88. The van der Waals surface area contributed by atoms with E-state index in [1.807, 2.05) is 0 Å². The quantitative estimate of drug-likeness (QED) is 0.830. The minimum absolute atomic E-state index is 0.132. The van der Waals surface area contributed by atoms with Crippen molar-refractivity contribution in [1.82, 2.24) is 10.6 Å². The van der Waals surface area contributed by atoms with Crippen LogP contribution in [0.3, 0.4) is 0 Å². The summed E-state index contributed by atoms with van der Waals surface area (Å²) in [5, 5.41) is 5.82. The standard InChI is InChI=1S/C18H20N2O5/c1-11(17(22)20-18(23)19-13-4-2-3-5-13)24-14-8-6-12-7-9-16(21)25-15(12)10-14/h6-11,13H,2-5H2,1H3,(H2,19,20,22,23)/t11-/m1/s1. The maximum Gasteiger partial charge on any atom is 0.336 e. The third-order valence-corrected chi connectivity index (χ3v) is 4.20. The molecule has 7 nitrogen and oxygen atoms in total. The summed E-state index contributed by atoms with van der Waals surface area (Å²) < 4.78 is 10.6. The zero-order valence-corrected chi connectivity index (χ0v) is 13.9. The van der Waals surface area contributed by atoms with Crippen LogP contribution in [-0.4, -0.2) is 24.1 Å². The molecule has 0 radical (unpaired) electrons. The molecule has 132 valence electrons. The van der Waals surface area contributed by atoms with E-state index >= 15 is 0 Å². The van der Waals surface area contributed by atoms with E-state index in [0.29, 0.717) is 11.3 Å². The summed E-state index contributed by atoms with van der Waals surface area (Å²) in [5.41, 5.74) is -0.0874. The molecule has 1 saturated carbocycles. The molecule has 0 unspecified atom stereocenters.